The van der Waals surface area contributed by atoms with E-state index in [0.717, 1.165) is 17.4 Å². The number of halogens is 1. The average Bonchev–Trinajstić information content (AvgIpc) is 2.62. The second-order valence-electron chi connectivity index (χ2n) is 7.62. The monoisotopic (exact) mass is 318 g/mol. The zero-order valence-electron chi connectivity index (χ0n) is 13.8. The van der Waals surface area contributed by atoms with Gasteiger partial charge in [-0.25, -0.2) is 0 Å². The van der Waals surface area contributed by atoms with Crippen molar-refractivity contribution in [3.63, 3.8) is 0 Å². The largest absolute Gasteiger partial charge is 0.367 e. The molecule has 1 aliphatic rings. The van der Waals surface area contributed by atoms with E-state index < -0.39 is 0 Å². The first kappa shape index (κ1) is 15.4. The summed E-state index contributed by atoms with van der Waals surface area (Å²) < 4.78 is 0. The molecule has 2 unspecified atom stereocenters. The number of hydrogen-bond acceptors (Lipinski definition) is 2. The normalized spacial score (nSPS) is 21.5. The predicted molar refractivity (Wildman–Crippen MR) is 94.3 cm³/mol. The topological polar surface area (TPSA) is 36.1 Å². The molecule has 22 heavy (non-hydrogen) atoms. The molecule has 3 rings (SSSR count). The van der Waals surface area contributed by atoms with Crippen LogP contribution in [0.5, 0.6) is 0 Å². The van der Waals surface area contributed by atoms with Crippen LogP contribution in [0, 0.1) is 5.41 Å². The molecular formula is C18H23ClN2O. The molecule has 3 nitrogen and oxygen atoms in total. The van der Waals surface area contributed by atoms with E-state index >= 15 is 0 Å². The summed E-state index contributed by atoms with van der Waals surface area (Å²) >= 11 is 6.40. The Morgan fingerprint density at radius 3 is 2.59 bits per heavy atom. The summed E-state index contributed by atoms with van der Waals surface area (Å²) in [6.07, 6.45) is 0. The maximum atomic E-state index is 11.7. The number of hydrogen-bond donors (Lipinski definition) is 1. The van der Waals surface area contributed by atoms with Crippen LogP contribution in [0.4, 0.5) is 5.69 Å². The Bertz CT molecular complexity index is 788. The fourth-order valence-electron chi connectivity index (χ4n) is 3.51. The first-order valence-electron chi connectivity index (χ1n) is 7.81. The molecule has 1 aromatic heterocycles. The van der Waals surface area contributed by atoms with Gasteiger partial charge in [-0.3, -0.25) is 4.79 Å². The molecule has 118 valence electrons. The number of rotatable bonds is 1. The molecule has 0 saturated carbocycles. The van der Waals surface area contributed by atoms with E-state index in [1.807, 2.05) is 6.07 Å². The minimum atomic E-state index is -0.150. The molecule has 0 amide bonds. The van der Waals surface area contributed by atoms with Crippen LogP contribution >= 0.6 is 11.6 Å². The summed E-state index contributed by atoms with van der Waals surface area (Å²) in [5.41, 5.74) is 3.40. The molecule has 1 aromatic carbocycles. The van der Waals surface area contributed by atoms with Gasteiger partial charge in [0, 0.05) is 35.6 Å². The van der Waals surface area contributed by atoms with E-state index in [1.54, 1.807) is 0 Å². The van der Waals surface area contributed by atoms with Gasteiger partial charge < -0.3 is 9.88 Å². The van der Waals surface area contributed by atoms with Crippen LogP contribution in [0.2, 0.25) is 5.02 Å². The number of pyridine rings is 1. The van der Waals surface area contributed by atoms with Crippen LogP contribution in [0.3, 0.4) is 0 Å². The first-order chi connectivity index (χ1) is 10.2. The number of nitrogens with one attached hydrogen (secondary N) is 1. The van der Waals surface area contributed by atoms with Crippen molar-refractivity contribution in [3.8, 4) is 0 Å². The minimum Gasteiger partial charge on any atom is -0.367 e. The lowest BCUT2D eigenvalue weighted by atomic mass is 9.94. The van der Waals surface area contributed by atoms with E-state index in [2.05, 4.69) is 50.6 Å². The smallest absolute Gasteiger partial charge is 0.249 e. The Labute approximate surface area is 136 Å². The van der Waals surface area contributed by atoms with Crippen molar-refractivity contribution in [2.24, 2.45) is 5.41 Å². The van der Waals surface area contributed by atoms with Crippen molar-refractivity contribution < 1.29 is 0 Å². The molecule has 0 aliphatic carbocycles. The van der Waals surface area contributed by atoms with Crippen LogP contribution in [-0.4, -0.2) is 17.6 Å². The highest BCUT2D eigenvalue weighted by Gasteiger charge is 2.36. The Kier molecular flexibility index (Phi) is 3.52. The molecule has 0 bridgehead atoms. The first-order valence-corrected chi connectivity index (χ1v) is 8.19. The van der Waals surface area contributed by atoms with Gasteiger partial charge in [-0.15, -0.1) is 0 Å². The highest BCUT2D eigenvalue weighted by atomic mass is 35.5. The molecule has 2 atom stereocenters. The third-order valence-electron chi connectivity index (χ3n) is 4.60. The number of aromatic nitrogens is 1. The number of fused-ring (bicyclic) bond motifs is 3. The van der Waals surface area contributed by atoms with Crippen molar-refractivity contribution >= 4 is 28.2 Å². The molecule has 0 fully saturated rings. The molecule has 1 aliphatic heterocycles. The Hall–Kier alpha value is -1.48. The third kappa shape index (κ3) is 2.41. The average molecular weight is 319 g/mol. The van der Waals surface area contributed by atoms with Gasteiger partial charge in [-0.05, 0) is 30.0 Å². The lowest BCUT2D eigenvalue weighted by molar-refractivity contribution is 0.393. The number of nitrogens with zero attached hydrogens (tertiary/aromatic N) is 1. The van der Waals surface area contributed by atoms with Gasteiger partial charge in [0.05, 0.1) is 10.5 Å². The van der Waals surface area contributed by atoms with Gasteiger partial charge in [-0.1, -0.05) is 39.3 Å². The maximum Gasteiger partial charge on any atom is 0.249 e. The zero-order chi connectivity index (χ0) is 16.2. The van der Waals surface area contributed by atoms with Crippen molar-refractivity contribution in [2.45, 2.75) is 46.6 Å². The van der Waals surface area contributed by atoms with Gasteiger partial charge in [0.2, 0.25) is 5.56 Å². The summed E-state index contributed by atoms with van der Waals surface area (Å²) in [5.74, 6) is 0.379. The second-order valence-corrected chi connectivity index (χ2v) is 8.03. The SMILES string of the molecule is CC1c2c(ccc3[nH]c(=O)cc(Cl)c23)N(CC(C)(C)C)C1C. The molecular weight excluding hydrogens is 296 g/mol. The summed E-state index contributed by atoms with van der Waals surface area (Å²) in [6, 6.07) is 5.99. The van der Waals surface area contributed by atoms with Gasteiger partial charge in [0.15, 0.2) is 0 Å². The van der Waals surface area contributed by atoms with Crippen LogP contribution < -0.4 is 10.5 Å². The third-order valence-corrected chi connectivity index (χ3v) is 4.90. The Balaban J connectivity index is 2.25. The minimum absolute atomic E-state index is 0.150. The number of H-pyrrole nitrogens is 1. The van der Waals surface area contributed by atoms with E-state index in [1.165, 1.54) is 17.3 Å². The van der Waals surface area contributed by atoms with Crippen LogP contribution in [-0.2, 0) is 0 Å². The quantitative estimate of drug-likeness (QED) is 0.838. The van der Waals surface area contributed by atoms with E-state index in [4.69, 9.17) is 11.6 Å². The van der Waals surface area contributed by atoms with Crippen molar-refractivity contribution in [2.75, 3.05) is 11.4 Å². The fourth-order valence-corrected chi connectivity index (χ4v) is 3.81. The van der Waals surface area contributed by atoms with Crippen molar-refractivity contribution in [1.29, 1.82) is 0 Å². The van der Waals surface area contributed by atoms with Crippen molar-refractivity contribution in [1.82, 2.24) is 4.98 Å². The molecule has 2 aromatic rings. The summed E-state index contributed by atoms with van der Waals surface area (Å²) in [6.45, 7) is 12.3. The fraction of sp³-hybridized carbons (Fsp3) is 0.500. The molecule has 0 saturated heterocycles. The van der Waals surface area contributed by atoms with Crippen molar-refractivity contribution in [3.05, 3.63) is 39.1 Å². The van der Waals surface area contributed by atoms with Crippen LogP contribution in [0.1, 0.15) is 46.1 Å². The number of benzene rings is 1. The Morgan fingerprint density at radius 2 is 1.95 bits per heavy atom. The van der Waals surface area contributed by atoms with Gasteiger partial charge in [0.25, 0.3) is 0 Å². The zero-order valence-corrected chi connectivity index (χ0v) is 14.6. The van der Waals surface area contributed by atoms with Gasteiger partial charge >= 0.3 is 0 Å². The summed E-state index contributed by atoms with van der Waals surface area (Å²) in [4.78, 5) is 17.0. The van der Waals surface area contributed by atoms with Gasteiger partial charge in [0.1, 0.15) is 0 Å². The lowest BCUT2D eigenvalue weighted by Crippen LogP contribution is -2.37. The summed E-state index contributed by atoms with van der Waals surface area (Å²) in [5, 5.41) is 1.54. The molecule has 0 spiro atoms. The van der Waals surface area contributed by atoms with Gasteiger partial charge in [-0.2, -0.15) is 0 Å². The number of aromatic amines is 1. The van der Waals surface area contributed by atoms with Crippen LogP contribution in [0.15, 0.2) is 23.0 Å². The van der Waals surface area contributed by atoms with E-state index in [0.29, 0.717) is 17.0 Å². The highest BCUT2D eigenvalue weighted by Crippen LogP contribution is 2.46. The van der Waals surface area contributed by atoms with E-state index in [9.17, 15) is 4.79 Å². The second kappa shape index (κ2) is 5.02. The van der Waals surface area contributed by atoms with Crippen LogP contribution in [0.25, 0.3) is 10.9 Å². The maximum absolute atomic E-state index is 11.7. The highest BCUT2D eigenvalue weighted by molar-refractivity contribution is 6.35. The molecule has 1 N–H and O–H groups in total. The molecule has 4 heteroatoms. The molecule has 0 radical (unpaired) electrons. The standard InChI is InChI=1S/C18H23ClN2O/c1-10-11(2)21(9-18(3,4)5)14-7-6-13-17(16(10)14)12(19)8-15(22)20-13/h6-8,10-11H,9H2,1-5H3,(H,20,22). The van der Waals surface area contributed by atoms with E-state index in [-0.39, 0.29) is 11.0 Å². The predicted octanol–water partition coefficient (Wildman–Crippen LogP) is 4.54. The number of anilines is 1. The Morgan fingerprint density at radius 1 is 1.27 bits per heavy atom. The lowest BCUT2D eigenvalue weighted by Gasteiger charge is -2.33. The molecule has 2 heterocycles. The summed E-state index contributed by atoms with van der Waals surface area (Å²) in [7, 11) is 0.